The lowest BCUT2D eigenvalue weighted by Crippen LogP contribution is -2.55. The minimum Gasteiger partial charge on any atom is -0.467 e. The molecule has 1 aromatic rings. The van der Waals surface area contributed by atoms with Crippen molar-refractivity contribution in [2.45, 2.75) is 31.0 Å². The fourth-order valence-corrected chi connectivity index (χ4v) is 3.45. The van der Waals surface area contributed by atoms with Crippen LogP contribution in [0, 0.1) is 0 Å². The van der Waals surface area contributed by atoms with Crippen molar-refractivity contribution in [2.75, 3.05) is 26.7 Å². The van der Waals surface area contributed by atoms with Gasteiger partial charge in [0.2, 0.25) is 0 Å². The first-order valence-electron chi connectivity index (χ1n) is 9.35. The van der Waals surface area contributed by atoms with E-state index in [1.165, 1.54) is 0 Å². The maximum atomic E-state index is 12.9. The third-order valence-electron chi connectivity index (χ3n) is 5.06. The molecule has 1 atom stereocenters. The third kappa shape index (κ3) is 5.19. The normalized spacial score (nSPS) is 18.2. The number of carbonyl (C=O) groups is 4. The first-order chi connectivity index (χ1) is 13.9. The summed E-state index contributed by atoms with van der Waals surface area (Å²) >= 11 is 0. The highest BCUT2D eigenvalue weighted by atomic mass is 35.5. The number of ether oxygens (including phenoxy) is 2. The second kappa shape index (κ2) is 10.3. The van der Waals surface area contributed by atoms with E-state index in [0.717, 1.165) is 17.6 Å². The maximum Gasteiger partial charge on any atom is 0.408 e. The minimum atomic E-state index is -1.24. The van der Waals surface area contributed by atoms with Gasteiger partial charge in [-0.25, -0.2) is 14.4 Å². The van der Waals surface area contributed by atoms with Gasteiger partial charge < -0.3 is 25.4 Å². The lowest BCUT2D eigenvalue weighted by molar-refractivity contribution is -0.144. The van der Waals surface area contributed by atoms with Crippen molar-refractivity contribution in [3.8, 4) is 0 Å². The Bertz CT molecular complexity index is 784. The van der Waals surface area contributed by atoms with Crippen LogP contribution >= 0.6 is 12.4 Å². The Hall–Kier alpha value is -2.85. The van der Waals surface area contributed by atoms with E-state index in [2.05, 4.69) is 16.0 Å². The van der Waals surface area contributed by atoms with Crippen LogP contribution < -0.4 is 16.0 Å². The molecule has 0 aromatic heterocycles. The summed E-state index contributed by atoms with van der Waals surface area (Å²) in [6.45, 7) is 0.876. The first kappa shape index (κ1) is 23.4. The molecule has 30 heavy (non-hydrogen) atoms. The number of nitrogens with one attached hydrogen (secondary N) is 3. The highest BCUT2D eigenvalue weighted by Gasteiger charge is 2.52. The topological polar surface area (TPSA) is 126 Å². The molecule has 0 bridgehead atoms. The van der Waals surface area contributed by atoms with E-state index in [9.17, 15) is 19.2 Å². The fraction of sp³-hybridized carbons (Fsp3) is 0.474. The fourth-order valence-electron chi connectivity index (χ4n) is 3.45. The largest absolute Gasteiger partial charge is 0.467 e. The monoisotopic (exact) mass is 440 g/mol. The van der Waals surface area contributed by atoms with Crippen LogP contribution in [0.25, 0.3) is 0 Å². The van der Waals surface area contributed by atoms with Crippen molar-refractivity contribution in [2.24, 2.45) is 0 Å². The van der Waals surface area contributed by atoms with Gasteiger partial charge in [-0.15, -0.1) is 12.4 Å². The Kier molecular flexibility index (Phi) is 8.01. The molecule has 2 heterocycles. The van der Waals surface area contributed by atoms with Crippen molar-refractivity contribution >= 4 is 36.4 Å². The summed E-state index contributed by atoms with van der Waals surface area (Å²) in [5.41, 5.74) is -0.184. The van der Waals surface area contributed by atoms with Crippen LogP contribution in [0.4, 0.5) is 9.59 Å². The average molecular weight is 441 g/mol. The lowest BCUT2D eigenvalue weighted by atomic mass is 9.88. The summed E-state index contributed by atoms with van der Waals surface area (Å²) in [4.78, 5) is 50.4. The standard InChI is InChI=1S/C19H24N4O6.ClH/c1-28-15(24)14(21-18(27)29-12-13-5-3-2-4-6-13)11-23-16(25)19(22-17(23)26)7-9-20-10-8-19;/h2-6,14,20H,7-12H2,1H3,(H,21,27)(H,22,26);1H/t14-;/m0./s1. The first-order valence-corrected chi connectivity index (χ1v) is 9.35. The van der Waals surface area contributed by atoms with Gasteiger partial charge in [-0.2, -0.15) is 0 Å². The van der Waals surface area contributed by atoms with E-state index in [-0.39, 0.29) is 25.6 Å². The number of benzene rings is 1. The predicted molar refractivity (Wildman–Crippen MR) is 108 cm³/mol. The molecule has 3 N–H and O–H groups in total. The number of carbonyl (C=O) groups excluding carboxylic acids is 4. The van der Waals surface area contributed by atoms with Crippen molar-refractivity contribution in [3.05, 3.63) is 35.9 Å². The number of methoxy groups -OCH3 is 1. The molecule has 11 heteroatoms. The van der Waals surface area contributed by atoms with Gasteiger partial charge in [0.05, 0.1) is 13.7 Å². The number of esters is 1. The molecule has 0 radical (unpaired) electrons. The molecule has 2 saturated heterocycles. The second-order valence-corrected chi connectivity index (χ2v) is 6.96. The van der Waals surface area contributed by atoms with E-state index in [0.29, 0.717) is 25.9 Å². The van der Waals surface area contributed by atoms with E-state index in [1.807, 2.05) is 18.2 Å². The van der Waals surface area contributed by atoms with E-state index in [4.69, 9.17) is 9.47 Å². The Morgan fingerprint density at radius 2 is 1.87 bits per heavy atom. The van der Waals surface area contributed by atoms with Crippen LogP contribution in [0.2, 0.25) is 0 Å². The second-order valence-electron chi connectivity index (χ2n) is 6.96. The summed E-state index contributed by atoms with van der Waals surface area (Å²) < 4.78 is 9.82. The van der Waals surface area contributed by atoms with Gasteiger partial charge in [0.15, 0.2) is 0 Å². The molecule has 0 unspecified atom stereocenters. The quantitative estimate of drug-likeness (QED) is 0.435. The van der Waals surface area contributed by atoms with Crippen molar-refractivity contribution < 1.29 is 28.7 Å². The van der Waals surface area contributed by atoms with Crippen LogP contribution in [0.5, 0.6) is 0 Å². The molecule has 4 amide bonds. The number of amides is 4. The molecule has 164 valence electrons. The van der Waals surface area contributed by atoms with Gasteiger partial charge in [-0.1, -0.05) is 30.3 Å². The number of halogens is 1. The average Bonchev–Trinajstić information content (AvgIpc) is 2.96. The molecule has 2 aliphatic heterocycles. The lowest BCUT2D eigenvalue weighted by Gasteiger charge is -2.31. The van der Waals surface area contributed by atoms with Crippen LogP contribution in [0.1, 0.15) is 18.4 Å². The van der Waals surface area contributed by atoms with Gasteiger partial charge in [0, 0.05) is 0 Å². The number of alkyl carbamates (subject to hydrolysis) is 1. The number of imide groups is 1. The number of nitrogens with zero attached hydrogens (tertiary/aromatic N) is 1. The molecule has 2 fully saturated rings. The van der Waals surface area contributed by atoms with Crippen LogP contribution in [-0.4, -0.2) is 67.2 Å². The summed E-state index contributed by atoms with van der Waals surface area (Å²) in [6.07, 6.45) is 0.0698. The smallest absolute Gasteiger partial charge is 0.408 e. The summed E-state index contributed by atoms with van der Waals surface area (Å²) in [6, 6.07) is 7.20. The summed E-state index contributed by atoms with van der Waals surface area (Å²) in [5.74, 6) is -1.19. The number of hydrogen-bond acceptors (Lipinski definition) is 7. The van der Waals surface area contributed by atoms with Crippen LogP contribution in [0.3, 0.4) is 0 Å². The molecule has 0 saturated carbocycles. The molecule has 10 nitrogen and oxygen atoms in total. The summed E-state index contributed by atoms with van der Waals surface area (Å²) in [7, 11) is 1.16. The highest BCUT2D eigenvalue weighted by molar-refractivity contribution is 6.07. The highest BCUT2D eigenvalue weighted by Crippen LogP contribution is 2.27. The molecule has 1 spiro atoms. The number of piperidine rings is 1. The molecule has 1 aromatic carbocycles. The van der Waals surface area contributed by atoms with Gasteiger partial charge in [0.25, 0.3) is 5.91 Å². The van der Waals surface area contributed by atoms with Gasteiger partial charge in [-0.05, 0) is 31.5 Å². The van der Waals surface area contributed by atoms with Gasteiger partial charge in [-0.3, -0.25) is 9.69 Å². The van der Waals surface area contributed by atoms with Crippen molar-refractivity contribution in [3.63, 3.8) is 0 Å². The summed E-state index contributed by atoms with van der Waals surface area (Å²) in [5, 5.41) is 8.25. The molecular weight excluding hydrogens is 416 g/mol. The van der Waals surface area contributed by atoms with Gasteiger partial charge >= 0.3 is 18.1 Å². The Morgan fingerprint density at radius 1 is 1.20 bits per heavy atom. The zero-order valence-electron chi connectivity index (χ0n) is 16.5. The number of urea groups is 1. The van der Waals surface area contributed by atoms with E-state index in [1.54, 1.807) is 12.1 Å². The minimum absolute atomic E-state index is 0. The number of hydrogen-bond donors (Lipinski definition) is 3. The SMILES string of the molecule is COC(=O)[C@H](CN1C(=O)NC2(CCNCC2)C1=O)NC(=O)OCc1ccccc1.Cl. The van der Waals surface area contributed by atoms with Crippen molar-refractivity contribution in [1.29, 1.82) is 0 Å². The van der Waals surface area contributed by atoms with E-state index >= 15 is 0 Å². The van der Waals surface area contributed by atoms with Crippen LogP contribution in [0.15, 0.2) is 30.3 Å². The Morgan fingerprint density at radius 3 is 2.50 bits per heavy atom. The zero-order valence-corrected chi connectivity index (χ0v) is 17.3. The van der Waals surface area contributed by atoms with E-state index < -0.39 is 35.6 Å². The Balaban J connectivity index is 0.00000320. The van der Waals surface area contributed by atoms with Crippen LogP contribution in [-0.2, 0) is 25.7 Å². The molecule has 0 aliphatic carbocycles. The predicted octanol–water partition coefficient (Wildman–Crippen LogP) is 0.550. The molecule has 3 rings (SSSR count). The Labute approximate surface area is 180 Å². The zero-order chi connectivity index (χ0) is 20.9. The maximum absolute atomic E-state index is 12.9. The van der Waals surface area contributed by atoms with Crippen molar-refractivity contribution in [1.82, 2.24) is 20.9 Å². The number of rotatable bonds is 6. The van der Waals surface area contributed by atoms with Gasteiger partial charge in [0.1, 0.15) is 18.2 Å². The molecule has 2 aliphatic rings. The third-order valence-corrected chi connectivity index (χ3v) is 5.06. The molecular formula is C19H25ClN4O6.